The maximum atomic E-state index is 13.2. The number of carbonyl (C=O) groups excluding carboxylic acids is 2. The van der Waals surface area contributed by atoms with E-state index in [4.69, 9.17) is 10.5 Å². The molecule has 0 aromatic heterocycles. The zero-order valence-corrected chi connectivity index (χ0v) is 12.7. The number of halogens is 2. The van der Waals surface area contributed by atoms with Crippen LogP contribution in [0.15, 0.2) is 36.4 Å². The number of rotatable bonds is 5. The topological polar surface area (TPSA) is 93.5 Å². The Morgan fingerprint density at radius 1 is 1.08 bits per heavy atom. The van der Waals surface area contributed by atoms with Crippen LogP contribution < -0.4 is 21.1 Å². The molecule has 0 bridgehead atoms. The Kier molecular flexibility index (Phi) is 5.43. The van der Waals surface area contributed by atoms with Crippen molar-refractivity contribution in [2.45, 2.75) is 0 Å². The van der Waals surface area contributed by atoms with Crippen molar-refractivity contribution in [1.29, 1.82) is 0 Å². The second kappa shape index (κ2) is 7.51. The molecule has 24 heavy (non-hydrogen) atoms. The third-order valence-corrected chi connectivity index (χ3v) is 3.10. The molecule has 0 atom stereocenters. The van der Waals surface area contributed by atoms with Crippen molar-refractivity contribution in [2.24, 2.45) is 5.73 Å². The molecule has 0 radical (unpaired) electrons. The standard InChI is InChI=1S/C16H15F2N3O3/c1-24-14-5-3-10(7-13(14)21-15(22)8-19)20-16(23)9-2-4-11(17)12(18)6-9/h2-7H,8,19H2,1H3,(H,20,23)(H,21,22). The summed E-state index contributed by atoms with van der Waals surface area (Å²) in [5.41, 5.74) is 5.85. The molecule has 2 rings (SSSR count). The van der Waals surface area contributed by atoms with E-state index in [1.54, 1.807) is 0 Å². The lowest BCUT2D eigenvalue weighted by Crippen LogP contribution is -2.22. The summed E-state index contributed by atoms with van der Waals surface area (Å²) in [5, 5.41) is 5.05. The second-order valence-corrected chi connectivity index (χ2v) is 4.75. The highest BCUT2D eigenvalue weighted by Gasteiger charge is 2.12. The predicted molar refractivity (Wildman–Crippen MR) is 85.0 cm³/mol. The molecule has 2 aromatic carbocycles. The minimum Gasteiger partial charge on any atom is -0.495 e. The van der Waals surface area contributed by atoms with Gasteiger partial charge in [-0.05, 0) is 36.4 Å². The molecule has 0 aliphatic carbocycles. The van der Waals surface area contributed by atoms with Gasteiger partial charge >= 0.3 is 0 Å². The van der Waals surface area contributed by atoms with E-state index >= 15 is 0 Å². The number of nitrogens with two attached hydrogens (primary N) is 1. The number of anilines is 2. The van der Waals surface area contributed by atoms with Crippen LogP contribution in [0.25, 0.3) is 0 Å². The van der Waals surface area contributed by atoms with Crippen LogP contribution in [0.3, 0.4) is 0 Å². The van der Waals surface area contributed by atoms with Gasteiger partial charge in [-0.2, -0.15) is 0 Å². The van der Waals surface area contributed by atoms with Crippen LogP contribution >= 0.6 is 0 Å². The smallest absolute Gasteiger partial charge is 0.255 e. The van der Waals surface area contributed by atoms with Crippen molar-refractivity contribution in [1.82, 2.24) is 0 Å². The lowest BCUT2D eigenvalue weighted by molar-refractivity contribution is -0.114. The molecule has 0 aliphatic heterocycles. The molecule has 0 fully saturated rings. The summed E-state index contributed by atoms with van der Waals surface area (Å²) in [6, 6.07) is 7.36. The average molecular weight is 335 g/mol. The molecule has 0 aliphatic rings. The summed E-state index contributed by atoms with van der Waals surface area (Å²) in [6.45, 7) is -0.214. The van der Waals surface area contributed by atoms with Crippen LogP contribution in [0.2, 0.25) is 0 Å². The Bertz CT molecular complexity index is 781. The Morgan fingerprint density at radius 2 is 1.83 bits per heavy atom. The Morgan fingerprint density at radius 3 is 2.46 bits per heavy atom. The fourth-order valence-electron chi connectivity index (χ4n) is 1.93. The van der Waals surface area contributed by atoms with Crippen molar-refractivity contribution < 1.29 is 23.1 Å². The first-order valence-electron chi connectivity index (χ1n) is 6.89. The van der Waals surface area contributed by atoms with Gasteiger partial charge in [-0.1, -0.05) is 0 Å². The maximum absolute atomic E-state index is 13.2. The summed E-state index contributed by atoms with van der Waals surface area (Å²) < 4.78 is 31.2. The molecule has 6 nitrogen and oxygen atoms in total. The van der Waals surface area contributed by atoms with E-state index in [0.29, 0.717) is 17.1 Å². The number of methoxy groups -OCH3 is 1. The van der Waals surface area contributed by atoms with Gasteiger partial charge in [0.1, 0.15) is 5.75 Å². The van der Waals surface area contributed by atoms with Crippen molar-refractivity contribution in [3.63, 3.8) is 0 Å². The normalized spacial score (nSPS) is 10.2. The molecule has 0 unspecified atom stereocenters. The van der Waals surface area contributed by atoms with Gasteiger partial charge in [0.15, 0.2) is 11.6 Å². The lowest BCUT2D eigenvalue weighted by atomic mass is 10.2. The number of hydrogen-bond acceptors (Lipinski definition) is 4. The van der Waals surface area contributed by atoms with E-state index in [1.807, 2.05) is 0 Å². The van der Waals surface area contributed by atoms with Crippen LogP contribution in [0, 0.1) is 11.6 Å². The number of hydrogen-bond donors (Lipinski definition) is 3. The van der Waals surface area contributed by atoms with E-state index in [0.717, 1.165) is 18.2 Å². The number of nitrogens with one attached hydrogen (secondary N) is 2. The highest BCUT2D eigenvalue weighted by Crippen LogP contribution is 2.28. The maximum Gasteiger partial charge on any atom is 0.255 e. The van der Waals surface area contributed by atoms with E-state index in [9.17, 15) is 18.4 Å². The van der Waals surface area contributed by atoms with Crippen LogP contribution in [0.4, 0.5) is 20.2 Å². The van der Waals surface area contributed by atoms with Gasteiger partial charge in [-0.25, -0.2) is 8.78 Å². The van der Waals surface area contributed by atoms with Crippen LogP contribution in [0.1, 0.15) is 10.4 Å². The second-order valence-electron chi connectivity index (χ2n) is 4.75. The molecule has 0 heterocycles. The zero-order chi connectivity index (χ0) is 17.7. The Hall–Kier alpha value is -3.00. The summed E-state index contributed by atoms with van der Waals surface area (Å²) in [6.07, 6.45) is 0. The summed E-state index contributed by atoms with van der Waals surface area (Å²) in [7, 11) is 1.42. The summed E-state index contributed by atoms with van der Waals surface area (Å²) >= 11 is 0. The third-order valence-electron chi connectivity index (χ3n) is 3.10. The first-order chi connectivity index (χ1) is 11.4. The number of ether oxygens (including phenoxy) is 1. The molecular weight excluding hydrogens is 320 g/mol. The molecule has 126 valence electrons. The zero-order valence-electron chi connectivity index (χ0n) is 12.7. The number of benzene rings is 2. The third kappa shape index (κ3) is 4.05. The van der Waals surface area contributed by atoms with Crippen molar-refractivity contribution in [3.05, 3.63) is 53.6 Å². The molecule has 0 spiro atoms. The molecule has 2 amide bonds. The first kappa shape index (κ1) is 17.4. The largest absolute Gasteiger partial charge is 0.495 e. The molecule has 0 saturated heterocycles. The Balaban J connectivity index is 2.22. The van der Waals surface area contributed by atoms with Gasteiger partial charge in [-0.3, -0.25) is 9.59 Å². The highest BCUT2D eigenvalue weighted by atomic mass is 19.2. The highest BCUT2D eigenvalue weighted by molar-refractivity contribution is 6.05. The fourth-order valence-corrected chi connectivity index (χ4v) is 1.93. The monoisotopic (exact) mass is 335 g/mol. The quantitative estimate of drug-likeness (QED) is 0.780. The molecule has 4 N–H and O–H groups in total. The number of carbonyl (C=O) groups is 2. The van der Waals surface area contributed by atoms with Gasteiger partial charge < -0.3 is 21.1 Å². The minimum atomic E-state index is -1.12. The van der Waals surface area contributed by atoms with Gasteiger partial charge in [0.25, 0.3) is 5.91 Å². The van der Waals surface area contributed by atoms with Crippen molar-refractivity contribution >= 4 is 23.2 Å². The lowest BCUT2D eigenvalue weighted by Gasteiger charge is -2.12. The summed E-state index contributed by atoms with van der Waals surface area (Å²) in [4.78, 5) is 23.5. The van der Waals surface area contributed by atoms with E-state index in [2.05, 4.69) is 10.6 Å². The number of amides is 2. The molecule has 8 heteroatoms. The van der Waals surface area contributed by atoms with Gasteiger partial charge in [0.2, 0.25) is 5.91 Å². The fraction of sp³-hybridized carbons (Fsp3) is 0.125. The van der Waals surface area contributed by atoms with Crippen LogP contribution in [-0.4, -0.2) is 25.5 Å². The van der Waals surface area contributed by atoms with Gasteiger partial charge in [-0.15, -0.1) is 0 Å². The summed E-state index contributed by atoms with van der Waals surface area (Å²) in [5.74, 6) is -2.84. The van der Waals surface area contributed by atoms with Gasteiger partial charge in [0.05, 0.1) is 19.3 Å². The Labute approximate surface area is 136 Å². The van der Waals surface area contributed by atoms with E-state index < -0.39 is 23.4 Å². The minimum absolute atomic E-state index is 0.0442. The van der Waals surface area contributed by atoms with Crippen LogP contribution in [-0.2, 0) is 4.79 Å². The van der Waals surface area contributed by atoms with E-state index in [1.165, 1.54) is 25.3 Å². The van der Waals surface area contributed by atoms with Crippen molar-refractivity contribution in [3.8, 4) is 5.75 Å². The first-order valence-corrected chi connectivity index (χ1v) is 6.89. The average Bonchev–Trinajstić information content (AvgIpc) is 2.57. The molecular formula is C16H15F2N3O3. The van der Waals surface area contributed by atoms with Gasteiger partial charge in [0, 0.05) is 11.3 Å². The van der Waals surface area contributed by atoms with Crippen molar-refractivity contribution in [2.75, 3.05) is 24.3 Å². The molecule has 2 aromatic rings. The molecule has 0 saturated carbocycles. The van der Waals surface area contributed by atoms with Crippen LogP contribution in [0.5, 0.6) is 5.75 Å². The predicted octanol–water partition coefficient (Wildman–Crippen LogP) is 2.12. The SMILES string of the molecule is COc1ccc(NC(=O)c2ccc(F)c(F)c2)cc1NC(=O)CN. The van der Waals surface area contributed by atoms with E-state index in [-0.39, 0.29) is 12.1 Å².